The third-order valence-electron chi connectivity index (χ3n) is 2.72. The summed E-state index contributed by atoms with van der Waals surface area (Å²) in [5, 5.41) is 11.1. The number of carboxylic acids is 1. The Morgan fingerprint density at radius 2 is 2.05 bits per heavy atom. The summed E-state index contributed by atoms with van der Waals surface area (Å²) in [4.78, 5) is 22.4. The fourth-order valence-corrected chi connectivity index (χ4v) is 1.49. The molecule has 2 atom stereocenters. The number of amides is 1. The van der Waals surface area contributed by atoms with Gasteiger partial charge in [0.1, 0.15) is 11.8 Å². The van der Waals surface area contributed by atoms with E-state index in [4.69, 9.17) is 9.84 Å². The Bertz CT molecular complexity index is 459. The van der Waals surface area contributed by atoms with Gasteiger partial charge in [-0.1, -0.05) is 19.1 Å². The normalized spacial score (nSPS) is 13.4. The molecule has 0 saturated heterocycles. The topological polar surface area (TPSA) is 75.6 Å². The first-order valence-corrected chi connectivity index (χ1v) is 6.22. The molecule has 1 aromatic rings. The van der Waals surface area contributed by atoms with Crippen molar-refractivity contribution < 1.29 is 19.4 Å². The Hall–Kier alpha value is -2.04. The molecule has 104 valence electrons. The van der Waals surface area contributed by atoms with Crippen LogP contribution in [0.3, 0.4) is 0 Å². The standard InChI is InChI=1S/C14H19NO4/c1-4-11-6-5-7-12(8-11)19-10(3)13(16)15-9(2)14(17)18/h5-10H,4H2,1-3H3,(H,15,16)(H,17,18). The molecule has 1 rings (SSSR count). The van der Waals surface area contributed by atoms with Crippen molar-refractivity contribution in [2.24, 2.45) is 0 Å². The van der Waals surface area contributed by atoms with Gasteiger partial charge in [-0.25, -0.2) is 0 Å². The van der Waals surface area contributed by atoms with E-state index >= 15 is 0 Å². The van der Waals surface area contributed by atoms with E-state index in [0.717, 1.165) is 12.0 Å². The maximum atomic E-state index is 11.7. The zero-order valence-corrected chi connectivity index (χ0v) is 11.3. The monoisotopic (exact) mass is 265 g/mol. The Morgan fingerprint density at radius 1 is 1.37 bits per heavy atom. The van der Waals surface area contributed by atoms with Crippen molar-refractivity contribution in [3.8, 4) is 5.75 Å². The van der Waals surface area contributed by atoms with Gasteiger partial charge in [0.05, 0.1) is 0 Å². The van der Waals surface area contributed by atoms with Crippen LogP contribution in [0.4, 0.5) is 0 Å². The smallest absolute Gasteiger partial charge is 0.325 e. The molecule has 0 fully saturated rings. The van der Waals surface area contributed by atoms with Crippen LogP contribution in [0, 0.1) is 0 Å². The molecule has 5 nitrogen and oxygen atoms in total. The molecule has 0 aromatic heterocycles. The Morgan fingerprint density at radius 3 is 2.63 bits per heavy atom. The number of hydrogen-bond acceptors (Lipinski definition) is 3. The van der Waals surface area contributed by atoms with Gasteiger partial charge >= 0.3 is 5.97 Å². The summed E-state index contributed by atoms with van der Waals surface area (Å²) in [6.07, 6.45) is 0.141. The summed E-state index contributed by atoms with van der Waals surface area (Å²) in [5.74, 6) is -0.921. The number of nitrogens with one attached hydrogen (secondary N) is 1. The van der Waals surface area contributed by atoms with Gasteiger partial charge < -0.3 is 15.2 Å². The molecule has 0 saturated carbocycles. The third-order valence-corrected chi connectivity index (χ3v) is 2.72. The molecule has 2 unspecified atom stereocenters. The first-order chi connectivity index (χ1) is 8.93. The maximum Gasteiger partial charge on any atom is 0.325 e. The molecule has 0 spiro atoms. The number of rotatable bonds is 6. The summed E-state index contributed by atoms with van der Waals surface area (Å²) in [7, 11) is 0. The minimum atomic E-state index is -1.08. The van der Waals surface area contributed by atoms with Gasteiger partial charge in [-0.15, -0.1) is 0 Å². The van der Waals surface area contributed by atoms with Gasteiger partial charge in [0.15, 0.2) is 6.10 Å². The Labute approximate surface area is 112 Å². The van der Waals surface area contributed by atoms with E-state index < -0.39 is 24.0 Å². The number of carboxylic acid groups (broad SMARTS) is 1. The molecule has 19 heavy (non-hydrogen) atoms. The zero-order chi connectivity index (χ0) is 14.4. The largest absolute Gasteiger partial charge is 0.481 e. The lowest BCUT2D eigenvalue weighted by Gasteiger charge is -2.16. The molecule has 0 bridgehead atoms. The van der Waals surface area contributed by atoms with E-state index in [-0.39, 0.29) is 0 Å². The Balaban J connectivity index is 2.60. The van der Waals surface area contributed by atoms with Crippen molar-refractivity contribution in [2.45, 2.75) is 39.3 Å². The van der Waals surface area contributed by atoms with Crippen molar-refractivity contribution in [1.29, 1.82) is 0 Å². The van der Waals surface area contributed by atoms with Gasteiger partial charge in [0, 0.05) is 0 Å². The predicted octanol–water partition coefficient (Wildman–Crippen LogP) is 1.61. The first kappa shape index (κ1) is 15.0. The van der Waals surface area contributed by atoms with Crippen LogP contribution in [-0.2, 0) is 16.0 Å². The lowest BCUT2D eigenvalue weighted by atomic mass is 10.2. The number of ether oxygens (including phenoxy) is 1. The lowest BCUT2D eigenvalue weighted by molar-refractivity contribution is -0.142. The predicted molar refractivity (Wildman–Crippen MR) is 71.2 cm³/mol. The fourth-order valence-electron chi connectivity index (χ4n) is 1.49. The van der Waals surface area contributed by atoms with Crippen molar-refractivity contribution in [2.75, 3.05) is 0 Å². The van der Waals surface area contributed by atoms with Crippen LogP contribution < -0.4 is 10.1 Å². The van der Waals surface area contributed by atoms with Crippen molar-refractivity contribution in [1.82, 2.24) is 5.32 Å². The van der Waals surface area contributed by atoms with Crippen LogP contribution in [0.15, 0.2) is 24.3 Å². The van der Waals surface area contributed by atoms with Crippen molar-refractivity contribution in [3.63, 3.8) is 0 Å². The van der Waals surface area contributed by atoms with Crippen LogP contribution in [0.1, 0.15) is 26.3 Å². The molecular weight excluding hydrogens is 246 g/mol. The van der Waals surface area contributed by atoms with Crippen LogP contribution >= 0.6 is 0 Å². The second kappa shape index (κ2) is 6.78. The van der Waals surface area contributed by atoms with Crippen LogP contribution in [0.25, 0.3) is 0 Å². The number of aryl methyl sites for hydroxylation is 1. The number of hydrogen-bond donors (Lipinski definition) is 2. The fraction of sp³-hybridized carbons (Fsp3) is 0.429. The highest BCUT2D eigenvalue weighted by molar-refractivity contribution is 5.86. The molecule has 0 aliphatic heterocycles. The lowest BCUT2D eigenvalue weighted by Crippen LogP contribution is -2.44. The van der Waals surface area contributed by atoms with Gasteiger partial charge in [-0.05, 0) is 38.0 Å². The third kappa shape index (κ3) is 4.62. The second-order valence-corrected chi connectivity index (χ2v) is 4.33. The molecule has 0 heterocycles. The highest BCUT2D eigenvalue weighted by Crippen LogP contribution is 2.15. The molecule has 5 heteroatoms. The summed E-state index contributed by atoms with van der Waals surface area (Å²) in [6.45, 7) is 5.02. The van der Waals surface area contributed by atoms with E-state index in [1.807, 2.05) is 25.1 Å². The maximum absolute atomic E-state index is 11.7. The molecule has 1 aromatic carbocycles. The summed E-state index contributed by atoms with van der Waals surface area (Å²) in [6, 6.07) is 6.54. The highest BCUT2D eigenvalue weighted by Gasteiger charge is 2.20. The summed E-state index contributed by atoms with van der Waals surface area (Å²) >= 11 is 0. The quantitative estimate of drug-likeness (QED) is 0.819. The zero-order valence-electron chi connectivity index (χ0n) is 11.3. The second-order valence-electron chi connectivity index (χ2n) is 4.33. The molecule has 0 radical (unpaired) electrons. The first-order valence-electron chi connectivity index (χ1n) is 6.22. The Kier molecular flexibility index (Phi) is 5.36. The average molecular weight is 265 g/mol. The van der Waals surface area contributed by atoms with Gasteiger partial charge in [0.25, 0.3) is 5.91 Å². The van der Waals surface area contributed by atoms with E-state index in [1.165, 1.54) is 6.92 Å². The number of carbonyl (C=O) groups excluding carboxylic acids is 1. The molecule has 0 aliphatic rings. The number of aliphatic carboxylic acids is 1. The molecule has 0 aliphatic carbocycles. The SMILES string of the molecule is CCc1cccc(OC(C)C(=O)NC(C)C(=O)O)c1. The van der Waals surface area contributed by atoms with Gasteiger partial charge in [0.2, 0.25) is 0 Å². The van der Waals surface area contributed by atoms with E-state index in [9.17, 15) is 9.59 Å². The average Bonchev–Trinajstić information content (AvgIpc) is 2.38. The van der Waals surface area contributed by atoms with E-state index in [2.05, 4.69) is 5.32 Å². The minimum absolute atomic E-state index is 0.447. The van der Waals surface area contributed by atoms with E-state index in [1.54, 1.807) is 13.0 Å². The van der Waals surface area contributed by atoms with Crippen LogP contribution in [-0.4, -0.2) is 29.1 Å². The van der Waals surface area contributed by atoms with Crippen LogP contribution in [0.2, 0.25) is 0 Å². The number of carbonyl (C=O) groups is 2. The summed E-state index contributed by atoms with van der Waals surface area (Å²) in [5.41, 5.74) is 1.11. The van der Waals surface area contributed by atoms with Gasteiger partial charge in [-0.3, -0.25) is 9.59 Å². The van der Waals surface area contributed by atoms with Crippen LogP contribution in [0.5, 0.6) is 5.75 Å². The minimum Gasteiger partial charge on any atom is -0.481 e. The van der Waals surface area contributed by atoms with E-state index in [0.29, 0.717) is 5.75 Å². The molecular formula is C14H19NO4. The van der Waals surface area contributed by atoms with Gasteiger partial charge in [-0.2, -0.15) is 0 Å². The molecule has 1 amide bonds. The summed E-state index contributed by atoms with van der Waals surface area (Å²) < 4.78 is 5.49. The van der Waals surface area contributed by atoms with Crippen molar-refractivity contribution in [3.05, 3.63) is 29.8 Å². The highest BCUT2D eigenvalue weighted by atomic mass is 16.5. The molecule has 2 N–H and O–H groups in total. The number of benzene rings is 1. The van der Waals surface area contributed by atoms with Crippen molar-refractivity contribution >= 4 is 11.9 Å².